The zero-order valence-corrected chi connectivity index (χ0v) is 14.9. The van der Waals surface area contributed by atoms with Gasteiger partial charge < -0.3 is 4.74 Å². The van der Waals surface area contributed by atoms with E-state index >= 15 is 0 Å². The quantitative estimate of drug-likeness (QED) is 0.598. The lowest BCUT2D eigenvalue weighted by atomic mass is 9.97. The molecular weight excluding hydrogens is 325 g/mol. The SMILES string of the molecule is COC(=O)Cc1cc(C(F)(F)F)ccc1C(C(C)=O)[Si](C)(C)C. The Balaban J connectivity index is 3.51. The van der Waals surface area contributed by atoms with Gasteiger partial charge in [-0.25, -0.2) is 0 Å². The number of hydrogen-bond acceptors (Lipinski definition) is 3. The van der Waals surface area contributed by atoms with Crippen LogP contribution in [0.15, 0.2) is 18.2 Å². The van der Waals surface area contributed by atoms with Crippen molar-refractivity contribution in [2.24, 2.45) is 0 Å². The monoisotopic (exact) mass is 346 g/mol. The molecule has 0 saturated heterocycles. The fourth-order valence-corrected chi connectivity index (χ4v) is 5.17. The standard InChI is InChI=1S/C16H21F3O3Si/c1-10(20)15(23(3,4)5)13-7-6-12(16(17,18)19)8-11(13)9-14(21)22-2/h6-8,15H,9H2,1-5H3. The average Bonchev–Trinajstić information content (AvgIpc) is 2.37. The minimum atomic E-state index is -4.51. The number of Topliss-reactive ketones (excluding diaryl/α,β-unsaturated/α-hetero) is 1. The lowest BCUT2D eigenvalue weighted by molar-refractivity contribution is -0.140. The largest absolute Gasteiger partial charge is 0.469 e. The molecule has 0 spiro atoms. The van der Waals surface area contributed by atoms with Crippen molar-refractivity contribution >= 4 is 19.8 Å². The van der Waals surface area contributed by atoms with Crippen LogP contribution in [0.4, 0.5) is 13.2 Å². The highest BCUT2D eigenvalue weighted by Crippen LogP contribution is 2.35. The van der Waals surface area contributed by atoms with Crippen LogP contribution >= 0.6 is 0 Å². The number of hydrogen-bond donors (Lipinski definition) is 0. The van der Waals surface area contributed by atoms with Crippen molar-refractivity contribution in [3.8, 4) is 0 Å². The van der Waals surface area contributed by atoms with E-state index in [0.29, 0.717) is 5.56 Å². The van der Waals surface area contributed by atoms with Crippen LogP contribution in [0.2, 0.25) is 19.6 Å². The normalized spacial score (nSPS) is 13.6. The summed E-state index contributed by atoms with van der Waals surface area (Å²) in [5.74, 6) is -0.738. The first-order valence-electron chi connectivity index (χ1n) is 7.15. The number of rotatable bonds is 5. The number of alkyl halides is 3. The first kappa shape index (κ1) is 19.4. The third kappa shape index (κ3) is 4.92. The summed E-state index contributed by atoms with van der Waals surface area (Å²) < 4.78 is 43.4. The molecule has 0 fully saturated rings. The van der Waals surface area contributed by atoms with Crippen LogP contribution in [0.1, 0.15) is 29.2 Å². The summed E-state index contributed by atoms with van der Waals surface area (Å²) in [4.78, 5) is 23.6. The Labute approximate surface area is 134 Å². The van der Waals surface area contributed by atoms with Gasteiger partial charge in [-0.05, 0) is 30.2 Å². The molecule has 23 heavy (non-hydrogen) atoms. The van der Waals surface area contributed by atoms with Crippen LogP contribution in [-0.4, -0.2) is 26.9 Å². The minimum Gasteiger partial charge on any atom is -0.469 e. The van der Waals surface area contributed by atoms with E-state index in [4.69, 9.17) is 0 Å². The maximum atomic E-state index is 12.9. The van der Waals surface area contributed by atoms with Gasteiger partial charge in [0.05, 0.1) is 27.2 Å². The number of esters is 1. The number of ether oxygens (including phenoxy) is 1. The van der Waals surface area contributed by atoms with Gasteiger partial charge in [0.25, 0.3) is 0 Å². The first-order chi connectivity index (χ1) is 10.4. The van der Waals surface area contributed by atoms with Crippen LogP contribution in [-0.2, 0) is 26.9 Å². The van der Waals surface area contributed by atoms with E-state index in [1.54, 1.807) is 0 Å². The number of methoxy groups -OCH3 is 1. The zero-order valence-electron chi connectivity index (χ0n) is 13.9. The number of ketones is 1. The van der Waals surface area contributed by atoms with Crippen LogP contribution in [0.5, 0.6) is 0 Å². The van der Waals surface area contributed by atoms with E-state index < -0.39 is 31.3 Å². The molecule has 0 saturated carbocycles. The molecule has 0 amide bonds. The molecule has 0 aliphatic carbocycles. The van der Waals surface area contributed by atoms with Crippen molar-refractivity contribution in [3.05, 3.63) is 34.9 Å². The number of carbonyl (C=O) groups is 2. The molecule has 1 aromatic carbocycles. The third-order valence-corrected chi connectivity index (χ3v) is 6.07. The number of halogens is 3. The molecule has 0 radical (unpaired) electrons. The lowest BCUT2D eigenvalue weighted by Gasteiger charge is -2.29. The van der Waals surface area contributed by atoms with E-state index in [9.17, 15) is 22.8 Å². The first-order valence-corrected chi connectivity index (χ1v) is 10.7. The van der Waals surface area contributed by atoms with Gasteiger partial charge in [0, 0.05) is 5.54 Å². The van der Waals surface area contributed by atoms with Crippen LogP contribution in [0, 0.1) is 0 Å². The van der Waals surface area contributed by atoms with Crippen molar-refractivity contribution in [1.82, 2.24) is 0 Å². The molecule has 0 heterocycles. The van der Waals surface area contributed by atoms with Crippen molar-refractivity contribution in [2.45, 2.75) is 44.7 Å². The summed E-state index contributed by atoms with van der Waals surface area (Å²) in [6, 6.07) is 3.24. The average molecular weight is 346 g/mol. The highest BCUT2D eigenvalue weighted by Gasteiger charge is 2.36. The lowest BCUT2D eigenvalue weighted by Crippen LogP contribution is -2.36. The summed E-state index contributed by atoms with van der Waals surface area (Å²) in [6.45, 7) is 7.35. The van der Waals surface area contributed by atoms with Crippen molar-refractivity contribution in [3.63, 3.8) is 0 Å². The predicted molar refractivity (Wildman–Crippen MR) is 83.9 cm³/mol. The second-order valence-electron chi connectivity index (χ2n) is 6.57. The smallest absolute Gasteiger partial charge is 0.416 e. The molecule has 128 valence electrons. The second kappa shape index (κ2) is 6.86. The van der Waals surface area contributed by atoms with Gasteiger partial charge in [-0.15, -0.1) is 0 Å². The van der Waals surface area contributed by atoms with Gasteiger partial charge in [-0.2, -0.15) is 13.2 Å². The minimum absolute atomic E-state index is 0.102. The highest BCUT2D eigenvalue weighted by atomic mass is 28.3. The van der Waals surface area contributed by atoms with E-state index in [1.165, 1.54) is 20.1 Å². The van der Waals surface area contributed by atoms with Crippen molar-refractivity contribution in [2.75, 3.05) is 7.11 Å². The molecule has 1 unspecified atom stereocenters. The summed E-state index contributed by atoms with van der Waals surface area (Å²) in [6.07, 6.45) is -4.79. The molecule has 0 N–H and O–H groups in total. The molecule has 1 atom stereocenters. The molecule has 1 aromatic rings. The molecule has 7 heteroatoms. The Bertz CT molecular complexity index is 604. The Kier molecular flexibility index (Phi) is 5.79. The van der Waals surface area contributed by atoms with E-state index in [-0.39, 0.29) is 17.8 Å². The predicted octanol–water partition coefficient (Wildman–Crippen LogP) is 3.97. The molecule has 0 bridgehead atoms. The van der Waals surface area contributed by atoms with E-state index in [1.807, 2.05) is 19.6 Å². The van der Waals surface area contributed by atoms with E-state index in [0.717, 1.165) is 12.1 Å². The number of benzene rings is 1. The third-order valence-electron chi connectivity index (χ3n) is 3.62. The second-order valence-corrected chi connectivity index (χ2v) is 11.9. The Morgan fingerprint density at radius 2 is 1.78 bits per heavy atom. The van der Waals surface area contributed by atoms with Gasteiger partial charge >= 0.3 is 12.1 Å². The van der Waals surface area contributed by atoms with E-state index in [2.05, 4.69) is 4.74 Å². The van der Waals surface area contributed by atoms with Crippen molar-refractivity contribution in [1.29, 1.82) is 0 Å². The molecule has 3 nitrogen and oxygen atoms in total. The van der Waals surface area contributed by atoms with Gasteiger partial charge in [-0.1, -0.05) is 25.7 Å². The van der Waals surface area contributed by atoms with Gasteiger partial charge in [0.1, 0.15) is 5.78 Å². The zero-order chi connectivity index (χ0) is 18.0. The fraction of sp³-hybridized carbons (Fsp3) is 0.500. The maximum Gasteiger partial charge on any atom is 0.416 e. The number of carbonyl (C=O) groups excluding carboxylic acids is 2. The van der Waals surface area contributed by atoms with Gasteiger partial charge in [0.15, 0.2) is 0 Å². The Hall–Kier alpha value is -1.63. The topological polar surface area (TPSA) is 43.4 Å². The molecule has 0 aliphatic rings. The molecule has 0 aromatic heterocycles. The Morgan fingerprint density at radius 1 is 1.22 bits per heavy atom. The van der Waals surface area contributed by atoms with Crippen molar-refractivity contribution < 1.29 is 27.5 Å². The summed E-state index contributed by atoms with van der Waals surface area (Å²) in [5, 5.41) is 0. The molecule has 1 rings (SSSR count). The van der Waals surface area contributed by atoms with Crippen LogP contribution < -0.4 is 0 Å². The van der Waals surface area contributed by atoms with Crippen LogP contribution in [0.25, 0.3) is 0 Å². The maximum absolute atomic E-state index is 12.9. The highest BCUT2D eigenvalue weighted by molar-refractivity contribution is 6.80. The Morgan fingerprint density at radius 3 is 2.17 bits per heavy atom. The fourth-order valence-electron chi connectivity index (χ4n) is 2.74. The molecular formula is C16H21F3O3Si. The summed E-state index contributed by atoms with van der Waals surface area (Å²) in [7, 11) is -0.852. The van der Waals surface area contributed by atoms with Gasteiger partial charge in [-0.3, -0.25) is 9.59 Å². The summed E-state index contributed by atoms with van der Waals surface area (Å²) in [5.41, 5.74) is -0.605. The van der Waals surface area contributed by atoms with Gasteiger partial charge in [0.2, 0.25) is 0 Å². The van der Waals surface area contributed by atoms with Crippen LogP contribution in [0.3, 0.4) is 0 Å². The molecule has 0 aliphatic heterocycles. The summed E-state index contributed by atoms with van der Waals surface area (Å²) >= 11 is 0.